The Morgan fingerprint density at radius 3 is 2.76 bits per heavy atom. The number of carboxylic acid groups (broad SMARTS) is 1. The highest BCUT2D eigenvalue weighted by molar-refractivity contribution is 5.99. The van der Waals surface area contributed by atoms with Crippen molar-refractivity contribution in [2.24, 2.45) is 4.99 Å². The molecule has 1 N–H and O–H groups in total. The Balaban J connectivity index is 2.88. The summed E-state index contributed by atoms with van der Waals surface area (Å²) in [6.07, 6.45) is 1.36. The van der Waals surface area contributed by atoms with Crippen LogP contribution in [0.4, 0.5) is 0 Å². The summed E-state index contributed by atoms with van der Waals surface area (Å²) in [5, 5.41) is 8.45. The minimum absolute atomic E-state index is 0.291. The fourth-order valence-corrected chi connectivity index (χ4v) is 1.23. The van der Waals surface area contributed by atoms with Gasteiger partial charge in [0.2, 0.25) is 0 Å². The van der Waals surface area contributed by atoms with Gasteiger partial charge in [0, 0.05) is 11.8 Å². The molecule has 5 heteroatoms. The van der Waals surface area contributed by atoms with Crippen LogP contribution in [0.5, 0.6) is 0 Å². The molecule has 0 saturated heterocycles. The van der Waals surface area contributed by atoms with E-state index >= 15 is 0 Å². The number of carbonyl (C=O) groups is 2. The number of aliphatic carboxylic acids is 1. The van der Waals surface area contributed by atoms with Crippen molar-refractivity contribution in [1.82, 2.24) is 0 Å². The van der Waals surface area contributed by atoms with E-state index in [4.69, 9.17) is 9.84 Å². The molecule has 0 spiro atoms. The summed E-state index contributed by atoms with van der Waals surface area (Å²) in [7, 11) is 0. The van der Waals surface area contributed by atoms with Crippen molar-refractivity contribution in [3.8, 4) is 0 Å². The predicted octanol–water partition coefficient (Wildman–Crippen LogP) is 1.37. The van der Waals surface area contributed by atoms with Gasteiger partial charge in [0.1, 0.15) is 6.54 Å². The van der Waals surface area contributed by atoms with E-state index in [1.165, 1.54) is 6.21 Å². The number of rotatable bonds is 5. The molecule has 5 nitrogen and oxygen atoms in total. The molecule has 0 heterocycles. The Morgan fingerprint density at radius 1 is 1.41 bits per heavy atom. The summed E-state index contributed by atoms with van der Waals surface area (Å²) in [5.74, 6) is -1.46. The first-order valence-corrected chi connectivity index (χ1v) is 5.13. The number of aliphatic imine (C=N–C) groups is 1. The number of hydrogen-bond acceptors (Lipinski definition) is 4. The monoisotopic (exact) mass is 235 g/mol. The second-order valence-corrected chi connectivity index (χ2v) is 3.17. The van der Waals surface area contributed by atoms with E-state index in [0.29, 0.717) is 17.7 Å². The number of benzene rings is 1. The van der Waals surface area contributed by atoms with Crippen LogP contribution in [-0.4, -0.2) is 36.4 Å². The minimum Gasteiger partial charge on any atom is -0.480 e. The number of carboxylic acids is 1. The van der Waals surface area contributed by atoms with Crippen molar-refractivity contribution in [3.63, 3.8) is 0 Å². The van der Waals surface area contributed by atoms with Crippen LogP contribution >= 0.6 is 0 Å². The highest BCUT2D eigenvalue weighted by Gasteiger charge is 2.09. The van der Waals surface area contributed by atoms with Crippen molar-refractivity contribution in [3.05, 3.63) is 35.4 Å². The van der Waals surface area contributed by atoms with E-state index in [0.717, 1.165) is 0 Å². The van der Waals surface area contributed by atoms with Gasteiger partial charge >= 0.3 is 11.9 Å². The number of esters is 1. The minimum atomic E-state index is -1.02. The summed E-state index contributed by atoms with van der Waals surface area (Å²) in [6.45, 7) is 1.69. The third-order valence-electron chi connectivity index (χ3n) is 1.91. The van der Waals surface area contributed by atoms with Crippen molar-refractivity contribution in [1.29, 1.82) is 0 Å². The van der Waals surface area contributed by atoms with Crippen LogP contribution in [0, 0.1) is 0 Å². The molecule has 0 bridgehead atoms. The van der Waals surface area contributed by atoms with Crippen molar-refractivity contribution < 1.29 is 19.4 Å². The van der Waals surface area contributed by atoms with E-state index < -0.39 is 11.9 Å². The van der Waals surface area contributed by atoms with Crippen molar-refractivity contribution in [2.75, 3.05) is 13.2 Å². The molecule has 0 aliphatic rings. The van der Waals surface area contributed by atoms with Gasteiger partial charge in [-0.2, -0.15) is 0 Å². The van der Waals surface area contributed by atoms with Crippen molar-refractivity contribution >= 4 is 18.2 Å². The second-order valence-electron chi connectivity index (χ2n) is 3.17. The molecule has 0 aliphatic heterocycles. The molecular formula is C12H13NO4. The Kier molecular flexibility index (Phi) is 4.87. The maximum Gasteiger partial charge on any atom is 0.338 e. The molecule has 0 fully saturated rings. The van der Waals surface area contributed by atoms with Crippen LogP contribution in [0.25, 0.3) is 0 Å². The molecule has 0 aromatic heterocycles. The van der Waals surface area contributed by atoms with Crippen LogP contribution in [0.2, 0.25) is 0 Å². The van der Waals surface area contributed by atoms with Gasteiger partial charge in [-0.05, 0) is 13.0 Å². The molecule has 1 rings (SSSR count). The Hall–Kier alpha value is -2.17. The lowest BCUT2D eigenvalue weighted by molar-refractivity contribution is -0.135. The highest BCUT2D eigenvalue weighted by atomic mass is 16.5. The molecule has 0 saturated carbocycles. The third-order valence-corrected chi connectivity index (χ3v) is 1.91. The smallest absolute Gasteiger partial charge is 0.338 e. The van der Waals surface area contributed by atoms with E-state index in [-0.39, 0.29) is 6.54 Å². The van der Waals surface area contributed by atoms with Gasteiger partial charge in [0.15, 0.2) is 0 Å². The number of ether oxygens (including phenoxy) is 1. The molecule has 0 aliphatic carbocycles. The molecule has 90 valence electrons. The van der Waals surface area contributed by atoms with E-state index in [9.17, 15) is 9.59 Å². The maximum absolute atomic E-state index is 11.6. The average molecular weight is 235 g/mol. The van der Waals surface area contributed by atoms with E-state index in [2.05, 4.69) is 4.99 Å². The van der Waals surface area contributed by atoms with Crippen LogP contribution in [-0.2, 0) is 9.53 Å². The summed E-state index contributed by atoms with van der Waals surface area (Å²) in [5.41, 5.74) is 0.927. The van der Waals surface area contributed by atoms with Crippen LogP contribution in [0.1, 0.15) is 22.8 Å². The normalized spacial score (nSPS) is 10.4. The Labute approximate surface area is 98.7 Å². The topological polar surface area (TPSA) is 76.0 Å². The first kappa shape index (κ1) is 12.9. The first-order chi connectivity index (χ1) is 8.15. The fraction of sp³-hybridized carbons (Fsp3) is 0.250. The third kappa shape index (κ3) is 4.06. The fourth-order valence-electron chi connectivity index (χ4n) is 1.23. The average Bonchev–Trinajstić information content (AvgIpc) is 2.29. The largest absolute Gasteiger partial charge is 0.480 e. The number of hydrogen-bond donors (Lipinski definition) is 1. The zero-order valence-electron chi connectivity index (χ0n) is 9.42. The lowest BCUT2D eigenvalue weighted by Gasteiger charge is -2.04. The van der Waals surface area contributed by atoms with Crippen LogP contribution in [0.3, 0.4) is 0 Å². The van der Waals surface area contributed by atoms with E-state index in [1.54, 1.807) is 31.2 Å². The van der Waals surface area contributed by atoms with Gasteiger partial charge in [-0.15, -0.1) is 0 Å². The molecular weight excluding hydrogens is 222 g/mol. The Morgan fingerprint density at radius 2 is 2.12 bits per heavy atom. The van der Waals surface area contributed by atoms with Crippen LogP contribution in [0.15, 0.2) is 29.3 Å². The van der Waals surface area contributed by atoms with Gasteiger partial charge < -0.3 is 9.84 Å². The molecule has 0 radical (unpaired) electrons. The van der Waals surface area contributed by atoms with Gasteiger partial charge in [-0.25, -0.2) is 4.79 Å². The van der Waals surface area contributed by atoms with Gasteiger partial charge in [-0.3, -0.25) is 9.79 Å². The van der Waals surface area contributed by atoms with Gasteiger partial charge in [0.25, 0.3) is 0 Å². The first-order valence-electron chi connectivity index (χ1n) is 5.13. The molecule has 1 aromatic carbocycles. The van der Waals surface area contributed by atoms with Crippen LogP contribution < -0.4 is 0 Å². The molecule has 0 unspecified atom stereocenters. The van der Waals surface area contributed by atoms with Gasteiger partial charge in [0.05, 0.1) is 12.2 Å². The number of carbonyl (C=O) groups excluding carboxylic acids is 1. The Bertz CT molecular complexity index is 440. The highest BCUT2D eigenvalue weighted by Crippen LogP contribution is 2.08. The lowest BCUT2D eigenvalue weighted by Crippen LogP contribution is -2.08. The second kappa shape index (κ2) is 6.42. The van der Waals surface area contributed by atoms with Crippen molar-refractivity contribution in [2.45, 2.75) is 6.92 Å². The lowest BCUT2D eigenvalue weighted by atomic mass is 10.1. The molecule has 0 amide bonds. The quantitative estimate of drug-likeness (QED) is 0.617. The van der Waals surface area contributed by atoms with E-state index in [1.807, 2.05) is 0 Å². The zero-order chi connectivity index (χ0) is 12.7. The molecule has 0 atom stereocenters. The summed E-state index contributed by atoms with van der Waals surface area (Å²) in [6, 6.07) is 6.74. The van der Waals surface area contributed by atoms with Gasteiger partial charge in [-0.1, -0.05) is 18.2 Å². The zero-order valence-corrected chi connectivity index (χ0v) is 9.42. The predicted molar refractivity (Wildman–Crippen MR) is 62.5 cm³/mol. The standard InChI is InChI=1S/C12H13NO4/c1-2-17-12(16)10-6-4-3-5-9(10)7-13-8-11(14)15/h3-7H,2,8H2,1H3,(H,14,15). The molecule has 17 heavy (non-hydrogen) atoms. The number of nitrogens with zero attached hydrogens (tertiary/aromatic N) is 1. The summed E-state index contributed by atoms with van der Waals surface area (Å²) in [4.78, 5) is 25.6. The maximum atomic E-state index is 11.6. The SMILES string of the molecule is CCOC(=O)c1ccccc1C=NCC(=O)O. The summed E-state index contributed by atoms with van der Waals surface area (Å²) < 4.78 is 4.88. The molecule has 1 aromatic rings. The summed E-state index contributed by atoms with van der Waals surface area (Å²) >= 11 is 0.